The number of hydrogen-bond acceptors (Lipinski definition) is 4. The third-order valence-electron chi connectivity index (χ3n) is 4.37. The predicted molar refractivity (Wildman–Crippen MR) is 98.8 cm³/mol. The molecule has 0 saturated carbocycles. The highest BCUT2D eigenvalue weighted by molar-refractivity contribution is 5.74. The number of methoxy groups -OCH3 is 1. The number of benzene rings is 1. The van der Waals surface area contributed by atoms with E-state index in [1.165, 1.54) is 0 Å². The molecule has 25 heavy (non-hydrogen) atoms. The topological polar surface area (TPSA) is 73.8 Å². The van der Waals surface area contributed by atoms with E-state index in [9.17, 15) is 9.90 Å². The third kappa shape index (κ3) is 6.40. The highest BCUT2D eigenvalue weighted by Crippen LogP contribution is 2.17. The van der Waals surface area contributed by atoms with Gasteiger partial charge in [-0.05, 0) is 37.5 Å². The molecule has 2 amide bonds. The summed E-state index contributed by atoms with van der Waals surface area (Å²) >= 11 is 0. The zero-order valence-electron chi connectivity index (χ0n) is 15.1. The van der Waals surface area contributed by atoms with Crippen LogP contribution in [0.15, 0.2) is 36.4 Å². The van der Waals surface area contributed by atoms with E-state index >= 15 is 0 Å². The molecule has 0 aliphatic carbocycles. The Labute approximate surface area is 149 Å². The van der Waals surface area contributed by atoms with Gasteiger partial charge >= 0.3 is 6.03 Å². The number of urea groups is 1. The van der Waals surface area contributed by atoms with Gasteiger partial charge in [-0.3, -0.25) is 4.90 Å². The van der Waals surface area contributed by atoms with Crippen molar-refractivity contribution in [3.05, 3.63) is 42.0 Å². The molecule has 0 aromatic heterocycles. The van der Waals surface area contributed by atoms with E-state index in [2.05, 4.69) is 22.1 Å². The largest absolute Gasteiger partial charge is 0.497 e. The molecule has 1 aliphatic heterocycles. The van der Waals surface area contributed by atoms with E-state index in [-0.39, 0.29) is 18.6 Å². The highest BCUT2D eigenvalue weighted by atomic mass is 16.5. The summed E-state index contributed by atoms with van der Waals surface area (Å²) in [5.41, 5.74) is 1.91. The van der Waals surface area contributed by atoms with Crippen molar-refractivity contribution in [2.75, 3.05) is 33.3 Å². The standard InChI is InChI=1S/C19H29N3O3/c1-14(2)13-22-10-8-16(9-11-22)21-19(24)20-12-18(23)15-4-6-17(25-3)7-5-15/h4-7,16,18,23H,1,8-13H2,2-3H3,(H2,20,21,24). The van der Waals surface area contributed by atoms with Crippen LogP contribution >= 0.6 is 0 Å². The van der Waals surface area contributed by atoms with Crippen LogP contribution in [0.2, 0.25) is 0 Å². The first kappa shape index (κ1) is 19.3. The van der Waals surface area contributed by atoms with Gasteiger partial charge in [0.25, 0.3) is 0 Å². The first-order chi connectivity index (χ1) is 12.0. The van der Waals surface area contributed by atoms with Crippen LogP contribution < -0.4 is 15.4 Å². The van der Waals surface area contributed by atoms with E-state index < -0.39 is 6.10 Å². The maximum atomic E-state index is 12.0. The molecule has 1 aliphatic rings. The van der Waals surface area contributed by atoms with Gasteiger partial charge < -0.3 is 20.5 Å². The van der Waals surface area contributed by atoms with E-state index in [1.54, 1.807) is 31.4 Å². The SMILES string of the molecule is C=C(C)CN1CCC(NC(=O)NCC(O)c2ccc(OC)cc2)CC1. The molecular weight excluding hydrogens is 318 g/mol. The van der Waals surface area contributed by atoms with E-state index in [4.69, 9.17) is 4.74 Å². The average Bonchev–Trinajstić information content (AvgIpc) is 2.61. The normalized spacial score (nSPS) is 16.9. The number of rotatable bonds is 7. The van der Waals surface area contributed by atoms with Crippen LogP contribution in [0.1, 0.15) is 31.4 Å². The summed E-state index contributed by atoms with van der Waals surface area (Å²) in [6, 6.07) is 7.11. The number of carbonyl (C=O) groups excluding carboxylic acids is 1. The monoisotopic (exact) mass is 347 g/mol. The number of nitrogens with one attached hydrogen (secondary N) is 2. The number of hydrogen-bond donors (Lipinski definition) is 3. The number of piperidine rings is 1. The maximum absolute atomic E-state index is 12.0. The fourth-order valence-corrected chi connectivity index (χ4v) is 2.99. The van der Waals surface area contributed by atoms with Crippen molar-refractivity contribution in [1.82, 2.24) is 15.5 Å². The lowest BCUT2D eigenvalue weighted by atomic mass is 10.0. The summed E-state index contributed by atoms with van der Waals surface area (Å²) in [4.78, 5) is 14.4. The summed E-state index contributed by atoms with van der Waals surface area (Å²) in [5, 5.41) is 15.9. The Kier molecular flexibility index (Phi) is 7.28. The number of likely N-dealkylation sites (tertiary alicyclic amines) is 1. The van der Waals surface area contributed by atoms with Gasteiger partial charge in [0, 0.05) is 32.2 Å². The van der Waals surface area contributed by atoms with Crippen LogP contribution in [0.5, 0.6) is 5.75 Å². The molecule has 1 heterocycles. The van der Waals surface area contributed by atoms with Crippen LogP contribution in [-0.2, 0) is 0 Å². The Morgan fingerprint density at radius 2 is 2.00 bits per heavy atom. The minimum atomic E-state index is -0.742. The fraction of sp³-hybridized carbons (Fsp3) is 0.526. The minimum Gasteiger partial charge on any atom is -0.497 e. The molecule has 1 fully saturated rings. The molecule has 1 atom stereocenters. The van der Waals surface area contributed by atoms with E-state index in [1.807, 2.05) is 6.92 Å². The van der Waals surface area contributed by atoms with Crippen molar-refractivity contribution >= 4 is 6.03 Å². The Morgan fingerprint density at radius 3 is 2.56 bits per heavy atom. The van der Waals surface area contributed by atoms with Crippen molar-refractivity contribution in [2.45, 2.75) is 31.9 Å². The van der Waals surface area contributed by atoms with Crippen LogP contribution in [0, 0.1) is 0 Å². The van der Waals surface area contributed by atoms with Gasteiger partial charge in [-0.1, -0.05) is 24.3 Å². The second-order valence-corrected chi connectivity index (χ2v) is 6.65. The molecule has 1 aromatic rings. The van der Waals surface area contributed by atoms with Crippen LogP contribution in [-0.4, -0.2) is 55.4 Å². The summed E-state index contributed by atoms with van der Waals surface area (Å²) in [6.45, 7) is 9.00. The number of amides is 2. The minimum absolute atomic E-state index is 0.173. The first-order valence-electron chi connectivity index (χ1n) is 8.71. The molecule has 3 N–H and O–H groups in total. The van der Waals surface area contributed by atoms with E-state index in [0.29, 0.717) is 0 Å². The fourth-order valence-electron chi connectivity index (χ4n) is 2.99. The highest BCUT2D eigenvalue weighted by Gasteiger charge is 2.20. The summed E-state index contributed by atoms with van der Waals surface area (Å²) in [7, 11) is 1.60. The lowest BCUT2D eigenvalue weighted by molar-refractivity contribution is 0.169. The van der Waals surface area contributed by atoms with Crippen molar-refractivity contribution in [2.24, 2.45) is 0 Å². The lowest BCUT2D eigenvalue weighted by Gasteiger charge is -2.32. The van der Waals surface area contributed by atoms with Gasteiger partial charge in [-0.15, -0.1) is 0 Å². The Bertz CT molecular complexity index is 566. The molecule has 1 saturated heterocycles. The van der Waals surface area contributed by atoms with Crippen LogP contribution in [0.3, 0.4) is 0 Å². The molecule has 1 aromatic carbocycles. The quantitative estimate of drug-likeness (QED) is 0.660. The molecule has 6 heteroatoms. The number of ether oxygens (including phenoxy) is 1. The predicted octanol–water partition coefficient (Wildman–Crippen LogP) is 2.07. The van der Waals surface area contributed by atoms with Crippen molar-refractivity contribution < 1.29 is 14.6 Å². The Morgan fingerprint density at radius 1 is 1.36 bits per heavy atom. The van der Waals surface area contributed by atoms with Gasteiger partial charge in [0.1, 0.15) is 5.75 Å². The Hall–Kier alpha value is -2.05. The molecule has 1 unspecified atom stereocenters. The Balaban J connectivity index is 1.69. The van der Waals surface area contributed by atoms with Crippen molar-refractivity contribution in [3.8, 4) is 5.75 Å². The first-order valence-corrected chi connectivity index (χ1v) is 8.71. The number of nitrogens with zero attached hydrogens (tertiary/aromatic N) is 1. The summed E-state index contributed by atoms with van der Waals surface area (Å²) < 4.78 is 5.09. The zero-order chi connectivity index (χ0) is 18.2. The second-order valence-electron chi connectivity index (χ2n) is 6.65. The molecule has 0 spiro atoms. The third-order valence-corrected chi connectivity index (χ3v) is 4.37. The molecule has 0 radical (unpaired) electrons. The van der Waals surface area contributed by atoms with Gasteiger partial charge in [0.2, 0.25) is 0 Å². The molecule has 2 rings (SSSR count). The summed E-state index contributed by atoms with van der Waals surface area (Å²) in [5.74, 6) is 0.736. The molecule has 0 bridgehead atoms. The van der Waals surface area contributed by atoms with Crippen LogP contribution in [0.25, 0.3) is 0 Å². The van der Waals surface area contributed by atoms with Gasteiger partial charge in [-0.2, -0.15) is 0 Å². The average molecular weight is 347 g/mol. The number of carbonyl (C=O) groups is 1. The lowest BCUT2D eigenvalue weighted by Crippen LogP contribution is -2.48. The molecule has 6 nitrogen and oxygen atoms in total. The zero-order valence-corrected chi connectivity index (χ0v) is 15.1. The van der Waals surface area contributed by atoms with Gasteiger partial charge in [0.05, 0.1) is 13.2 Å². The van der Waals surface area contributed by atoms with Crippen molar-refractivity contribution in [1.29, 1.82) is 0 Å². The summed E-state index contributed by atoms with van der Waals surface area (Å²) in [6.07, 6.45) is 1.12. The maximum Gasteiger partial charge on any atom is 0.315 e. The number of aliphatic hydroxyl groups is 1. The number of aliphatic hydroxyl groups excluding tert-OH is 1. The van der Waals surface area contributed by atoms with Crippen molar-refractivity contribution in [3.63, 3.8) is 0 Å². The second kappa shape index (κ2) is 9.44. The van der Waals surface area contributed by atoms with Crippen LogP contribution in [0.4, 0.5) is 4.79 Å². The van der Waals surface area contributed by atoms with E-state index in [0.717, 1.165) is 49.4 Å². The van der Waals surface area contributed by atoms with Gasteiger partial charge in [0.15, 0.2) is 0 Å². The molecule has 138 valence electrons. The van der Waals surface area contributed by atoms with Gasteiger partial charge in [-0.25, -0.2) is 4.79 Å². The molecular formula is C19H29N3O3. The smallest absolute Gasteiger partial charge is 0.315 e.